The summed E-state index contributed by atoms with van der Waals surface area (Å²) in [5.41, 5.74) is -2.49. The summed E-state index contributed by atoms with van der Waals surface area (Å²) in [6, 6.07) is 10.6. The second-order valence-corrected chi connectivity index (χ2v) is 12.7. The highest BCUT2D eigenvalue weighted by Gasteiger charge is 2.79. The fraction of sp³-hybridized carbons (Fsp3) is 0.545. The molecule has 2 fully saturated rings. The van der Waals surface area contributed by atoms with E-state index >= 15 is 8.78 Å². The minimum Gasteiger partial charge on any atom is -0.383 e. The van der Waals surface area contributed by atoms with E-state index in [-0.39, 0.29) is 37.4 Å². The SMILES string of the molecule is C[C@]12C[C@H](c3ccc(C=CCC(O)(C#N)CC#N)cc3)C3=C4CCC(=O)C=C4CC[C@H]3[C@@H]1CC[C@@]2(O)C(F)(F)C(F)(F)F. The van der Waals surface area contributed by atoms with Crippen LogP contribution in [-0.4, -0.2) is 39.3 Å². The van der Waals surface area contributed by atoms with Gasteiger partial charge in [0.15, 0.2) is 11.4 Å². The summed E-state index contributed by atoms with van der Waals surface area (Å²) in [6.07, 6.45) is -0.318. The van der Waals surface area contributed by atoms with Crippen LogP contribution in [0.5, 0.6) is 0 Å². The molecule has 10 heteroatoms. The van der Waals surface area contributed by atoms with Crippen molar-refractivity contribution < 1.29 is 37.0 Å². The number of nitrogens with zero attached hydrogens (tertiary/aromatic N) is 2. The first kappa shape index (κ1) is 31.1. The number of hydrogen-bond donors (Lipinski definition) is 2. The largest absolute Gasteiger partial charge is 0.456 e. The highest BCUT2D eigenvalue weighted by molar-refractivity contribution is 5.93. The van der Waals surface area contributed by atoms with Gasteiger partial charge in [-0.25, -0.2) is 0 Å². The third-order valence-electron chi connectivity index (χ3n) is 10.4. The van der Waals surface area contributed by atoms with Crippen molar-refractivity contribution in [3.8, 4) is 12.1 Å². The number of alkyl halides is 5. The van der Waals surface area contributed by atoms with Gasteiger partial charge in [0.05, 0.1) is 18.6 Å². The van der Waals surface area contributed by atoms with E-state index in [0.717, 1.165) is 16.7 Å². The summed E-state index contributed by atoms with van der Waals surface area (Å²) >= 11 is 0. The van der Waals surface area contributed by atoms with Crippen molar-refractivity contribution in [1.82, 2.24) is 0 Å². The topological polar surface area (TPSA) is 105 Å². The van der Waals surface area contributed by atoms with E-state index in [2.05, 4.69) is 0 Å². The summed E-state index contributed by atoms with van der Waals surface area (Å²) in [5.74, 6) is -6.68. The zero-order chi connectivity index (χ0) is 31.4. The Bertz CT molecular complexity index is 1480. The first-order chi connectivity index (χ1) is 20.1. The standard InChI is InChI=1S/C33H33F5N2O3/c1-29-18-26(21-6-4-20(5-7-21)3-2-13-30(42,19-40)15-16-39)28-24-11-9-23(41)17-22(24)8-10-25(28)27(29)12-14-31(29,43)32(34,35)33(36,37)38/h2-7,17,25-27,42-43H,8-15,18H2,1H3/t25-,26+,27-,29-,30?,31-/m0/s1. The summed E-state index contributed by atoms with van der Waals surface area (Å²) in [5, 5.41) is 39.6. The number of nitriles is 2. The number of fused-ring (bicyclic) bond motifs is 4. The zero-order valence-corrected chi connectivity index (χ0v) is 23.7. The highest BCUT2D eigenvalue weighted by Crippen LogP contribution is 2.70. The molecule has 43 heavy (non-hydrogen) atoms. The molecule has 0 aliphatic heterocycles. The number of carbonyl (C=O) groups excluding carboxylic acids is 1. The number of rotatable bonds is 6. The molecule has 1 aromatic rings. The average Bonchev–Trinajstić information content (AvgIpc) is 3.23. The minimum atomic E-state index is -5.90. The lowest BCUT2D eigenvalue weighted by Gasteiger charge is -2.56. The lowest BCUT2D eigenvalue weighted by molar-refractivity contribution is -0.362. The van der Waals surface area contributed by atoms with Crippen LogP contribution in [0, 0.1) is 39.9 Å². The third kappa shape index (κ3) is 4.93. The van der Waals surface area contributed by atoms with Crippen LogP contribution in [0.15, 0.2) is 53.1 Å². The Labute approximate surface area is 247 Å². The molecular formula is C33H33F5N2O3. The van der Waals surface area contributed by atoms with Crippen LogP contribution in [0.2, 0.25) is 0 Å². The molecular weight excluding hydrogens is 567 g/mol. The van der Waals surface area contributed by atoms with E-state index in [0.29, 0.717) is 36.8 Å². The smallest absolute Gasteiger partial charge is 0.383 e. The van der Waals surface area contributed by atoms with E-state index in [1.54, 1.807) is 54.6 Å². The first-order valence-corrected chi connectivity index (χ1v) is 14.5. The van der Waals surface area contributed by atoms with Crippen molar-refractivity contribution in [2.45, 2.75) is 93.9 Å². The van der Waals surface area contributed by atoms with Crippen LogP contribution >= 0.6 is 0 Å². The van der Waals surface area contributed by atoms with Crippen LogP contribution in [-0.2, 0) is 4.79 Å². The number of allylic oxidation sites excluding steroid dienone is 4. The number of aliphatic hydroxyl groups is 2. The van der Waals surface area contributed by atoms with Gasteiger partial charge in [-0.15, -0.1) is 0 Å². The van der Waals surface area contributed by atoms with Crippen LogP contribution in [0.1, 0.15) is 81.8 Å². The molecule has 1 aromatic carbocycles. The van der Waals surface area contributed by atoms with Gasteiger partial charge in [-0.2, -0.15) is 32.5 Å². The van der Waals surface area contributed by atoms with Crippen molar-refractivity contribution in [2.24, 2.45) is 17.3 Å². The predicted molar refractivity (Wildman–Crippen MR) is 147 cm³/mol. The Hall–Kier alpha value is -3.34. The van der Waals surface area contributed by atoms with Gasteiger partial charge in [-0.05, 0) is 78.7 Å². The Morgan fingerprint density at radius 3 is 2.40 bits per heavy atom. The normalized spacial score (nSPS) is 32.3. The van der Waals surface area contributed by atoms with Crippen molar-refractivity contribution in [3.05, 3.63) is 64.3 Å². The molecule has 5 rings (SSSR count). The fourth-order valence-electron chi connectivity index (χ4n) is 8.23. The Balaban J connectivity index is 1.55. The van der Waals surface area contributed by atoms with Gasteiger partial charge in [0, 0.05) is 24.2 Å². The number of hydrogen-bond acceptors (Lipinski definition) is 5. The van der Waals surface area contributed by atoms with Gasteiger partial charge in [-0.3, -0.25) is 4.79 Å². The molecule has 6 atom stereocenters. The van der Waals surface area contributed by atoms with Crippen LogP contribution in [0.4, 0.5) is 22.0 Å². The predicted octanol–water partition coefficient (Wildman–Crippen LogP) is 7.09. The highest BCUT2D eigenvalue weighted by atomic mass is 19.4. The molecule has 4 aliphatic rings. The monoisotopic (exact) mass is 600 g/mol. The van der Waals surface area contributed by atoms with Crippen molar-refractivity contribution in [2.75, 3.05) is 0 Å². The summed E-state index contributed by atoms with van der Waals surface area (Å²) < 4.78 is 71.5. The molecule has 0 radical (unpaired) electrons. The number of carbonyl (C=O) groups is 1. The second-order valence-electron chi connectivity index (χ2n) is 12.7. The van der Waals surface area contributed by atoms with E-state index < -0.39 is 47.0 Å². The number of benzene rings is 1. The molecule has 2 N–H and O–H groups in total. The molecule has 0 heterocycles. The molecule has 0 saturated heterocycles. The summed E-state index contributed by atoms with van der Waals surface area (Å²) in [4.78, 5) is 12.2. The molecule has 4 aliphatic carbocycles. The van der Waals surface area contributed by atoms with E-state index in [9.17, 15) is 28.2 Å². The first-order valence-electron chi connectivity index (χ1n) is 14.5. The van der Waals surface area contributed by atoms with E-state index in [1.165, 1.54) is 6.92 Å². The molecule has 2 saturated carbocycles. The third-order valence-corrected chi connectivity index (χ3v) is 10.4. The minimum absolute atomic E-state index is 0.0178. The van der Waals surface area contributed by atoms with Gasteiger partial charge in [0.2, 0.25) is 0 Å². The number of halogens is 5. The Kier molecular flexibility index (Phi) is 7.72. The fourth-order valence-corrected chi connectivity index (χ4v) is 8.23. The molecule has 1 unspecified atom stereocenters. The molecule has 0 aromatic heterocycles. The maximum absolute atomic E-state index is 15.1. The second kappa shape index (κ2) is 10.7. The lowest BCUT2D eigenvalue weighted by Crippen LogP contribution is -2.65. The summed E-state index contributed by atoms with van der Waals surface area (Å²) in [6.45, 7) is 1.39. The number of ketones is 1. The van der Waals surface area contributed by atoms with Crippen molar-refractivity contribution >= 4 is 11.9 Å². The van der Waals surface area contributed by atoms with E-state index in [1.807, 2.05) is 0 Å². The molecule has 0 bridgehead atoms. The maximum atomic E-state index is 15.1. The zero-order valence-electron chi connectivity index (χ0n) is 23.7. The van der Waals surface area contributed by atoms with Crippen LogP contribution < -0.4 is 0 Å². The van der Waals surface area contributed by atoms with Gasteiger partial charge < -0.3 is 10.2 Å². The van der Waals surface area contributed by atoms with Gasteiger partial charge in [0.25, 0.3) is 0 Å². The summed E-state index contributed by atoms with van der Waals surface area (Å²) in [7, 11) is 0. The van der Waals surface area contributed by atoms with Gasteiger partial charge >= 0.3 is 12.1 Å². The van der Waals surface area contributed by atoms with Crippen LogP contribution in [0.3, 0.4) is 0 Å². The molecule has 228 valence electrons. The van der Waals surface area contributed by atoms with E-state index in [4.69, 9.17) is 10.5 Å². The average molecular weight is 601 g/mol. The molecule has 5 nitrogen and oxygen atoms in total. The van der Waals surface area contributed by atoms with Crippen molar-refractivity contribution in [1.29, 1.82) is 10.5 Å². The van der Waals surface area contributed by atoms with Gasteiger partial charge in [0.1, 0.15) is 5.60 Å². The molecule has 0 amide bonds. The maximum Gasteiger partial charge on any atom is 0.456 e. The Morgan fingerprint density at radius 2 is 1.77 bits per heavy atom. The van der Waals surface area contributed by atoms with Crippen LogP contribution in [0.25, 0.3) is 6.08 Å². The molecule has 0 spiro atoms. The van der Waals surface area contributed by atoms with Crippen molar-refractivity contribution in [3.63, 3.8) is 0 Å². The Morgan fingerprint density at radius 1 is 1.07 bits per heavy atom. The van der Waals surface area contributed by atoms with Gasteiger partial charge in [-0.1, -0.05) is 48.9 Å². The quantitative estimate of drug-likeness (QED) is 0.268. The lowest BCUT2D eigenvalue weighted by atomic mass is 9.50.